The summed E-state index contributed by atoms with van der Waals surface area (Å²) in [4.78, 5) is 4.72. The van der Waals surface area contributed by atoms with E-state index in [1.165, 1.54) is 43.8 Å². The quantitative estimate of drug-likeness (QED) is 0.136. The molecule has 330 valence electrons. The van der Waals surface area contributed by atoms with Gasteiger partial charge in [-0.05, 0) is 138 Å². The molecule has 0 saturated carbocycles. The van der Waals surface area contributed by atoms with Crippen LogP contribution in [0.3, 0.4) is 0 Å². The summed E-state index contributed by atoms with van der Waals surface area (Å²) >= 11 is 0. The summed E-state index contributed by atoms with van der Waals surface area (Å²) in [6.07, 6.45) is 0. The SMILES string of the molecule is c1ccc(-c2ccc3c(c2)c2cc(-c4ccccc4)ccc2n3-c2cc(N(c3ccccc3)c3ccccc3)cc(-n3c4ccccc4c4cc(N(c5ccccc5)c5ccccc5)ccc43)c2)cc1. The fraction of sp³-hybridized carbons (Fsp3) is 0. The molecule has 0 aliphatic heterocycles. The predicted octanol–water partition coefficient (Wildman–Crippen LogP) is 18.2. The Hall–Kier alpha value is -9.38. The van der Waals surface area contributed by atoms with Crippen LogP contribution in [0.2, 0.25) is 0 Å². The van der Waals surface area contributed by atoms with Crippen molar-refractivity contribution >= 4 is 77.7 Å². The van der Waals surface area contributed by atoms with Gasteiger partial charge in [0.05, 0.1) is 39.1 Å². The van der Waals surface area contributed by atoms with Crippen LogP contribution in [0.25, 0.3) is 77.2 Å². The van der Waals surface area contributed by atoms with E-state index in [2.05, 4.69) is 298 Å². The molecular formula is C66H46N4. The Bertz CT molecular complexity index is 3800. The smallest absolute Gasteiger partial charge is 0.0542 e. The Balaban J connectivity index is 1.09. The number of aromatic nitrogens is 2. The van der Waals surface area contributed by atoms with E-state index < -0.39 is 0 Å². The summed E-state index contributed by atoms with van der Waals surface area (Å²) in [7, 11) is 0. The maximum atomic E-state index is 2.47. The molecule has 0 atom stereocenters. The molecule has 0 saturated heterocycles. The third kappa shape index (κ3) is 7.18. The van der Waals surface area contributed by atoms with E-state index in [4.69, 9.17) is 0 Å². The molecule has 13 rings (SSSR count). The Morgan fingerprint density at radius 1 is 0.200 bits per heavy atom. The standard InChI is InChI=1S/C66H46N4/c1-7-21-47(22-8-1)49-35-38-64-60(41-49)61-42-50(48-23-9-2-10-24-48)36-39-65(61)70(64)58-44-56(68(53-29-15-5-16-30-53)54-31-17-6-18-32-54)43-57(45-58)69-63-34-20-19-33-59(63)62-46-55(37-40-66(62)69)67(51-25-11-3-12-26-51)52-27-13-4-14-28-52/h1-46H. The van der Waals surface area contributed by atoms with Gasteiger partial charge in [0.2, 0.25) is 0 Å². The van der Waals surface area contributed by atoms with Crippen LogP contribution in [0, 0.1) is 0 Å². The Morgan fingerprint density at radius 2 is 0.543 bits per heavy atom. The highest BCUT2D eigenvalue weighted by Gasteiger charge is 2.22. The van der Waals surface area contributed by atoms with Crippen LogP contribution in [0.4, 0.5) is 34.1 Å². The van der Waals surface area contributed by atoms with E-state index >= 15 is 0 Å². The molecule has 2 heterocycles. The third-order valence-electron chi connectivity index (χ3n) is 13.6. The van der Waals surface area contributed by atoms with Gasteiger partial charge in [0.25, 0.3) is 0 Å². The Kier molecular flexibility index (Phi) is 10.1. The third-order valence-corrected chi connectivity index (χ3v) is 13.6. The minimum Gasteiger partial charge on any atom is -0.310 e. The summed E-state index contributed by atoms with van der Waals surface area (Å²) in [6, 6.07) is 101. The van der Waals surface area contributed by atoms with Gasteiger partial charge in [-0.3, -0.25) is 0 Å². The lowest BCUT2D eigenvalue weighted by Gasteiger charge is -2.27. The van der Waals surface area contributed by atoms with Crippen molar-refractivity contribution in [3.63, 3.8) is 0 Å². The first-order chi connectivity index (χ1) is 34.7. The Morgan fingerprint density at radius 3 is 0.986 bits per heavy atom. The molecule has 13 aromatic rings. The van der Waals surface area contributed by atoms with Gasteiger partial charge >= 0.3 is 0 Å². The van der Waals surface area contributed by atoms with Crippen molar-refractivity contribution in [1.82, 2.24) is 9.13 Å². The van der Waals surface area contributed by atoms with Crippen molar-refractivity contribution in [3.05, 3.63) is 279 Å². The predicted molar refractivity (Wildman–Crippen MR) is 295 cm³/mol. The molecule has 70 heavy (non-hydrogen) atoms. The van der Waals surface area contributed by atoms with E-state index in [1.54, 1.807) is 0 Å². The molecule has 4 nitrogen and oxygen atoms in total. The zero-order valence-corrected chi connectivity index (χ0v) is 38.3. The van der Waals surface area contributed by atoms with Crippen molar-refractivity contribution in [2.75, 3.05) is 9.80 Å². The molecule has 2 aromatic heterocycles. The molecule has 0 bridgehead atoms. The van der Waals surface area contributed by atoms with Gasteiger partial charge in [0, 0.05) is 50.0 Å². The van der Waals surface area contributed by atoms with Gasteiger partial charge in [0.1, 0.15) is 0 Å². The Labute approximate surface area is 407 Å². The number of nitrogens with zero attached hydrogens (tertiary/aromatic N) is 4. The molecular weight excluding hydrogens is 849 g/mol. The first kappa shape index (κ1) is 40.9. The minimum absolute atomic E-state index is 1.04. The molecule has 0 aliphatic rings. The van der Waals surface area contributed by atoms with E-state index in [0.717, 1.165) is 67.6 Å². The van der Waals surface area contributed by atoms with Crippen LogP contribution in [-0.4, -0.2) is 9.13 Å². The number of hydrogen-bond acceptors (Lipinski definition) is 2. The van der Waals surface area contributed by atoms with Gasteiger partial charge in [-0.25, -0.2) is 0 Å². The monoisotopic (exact) mass is 894 g/mol. The number of benzene rings is 11. The average Bonchev–Trinajstić information content (AvgIpc) is 3.94. The van der Waals surface area contributed by atoms with E-state index in [-0.39, 0.29) is 0 Å². The average molecular weight is 895 g/mol. The lowest BCUT2D eigenvalue weighted by molar-refractivity contribution is 1.12. The molecule has 4 heteroatoms. The van der Waals surface area contributed by atoms with Gasteiger partial charge in [0.15, 0.2) is 0 Å². The van der Waals surface area contributed by atoms with Gasteiger partial charge < -0.3 is 18.9 Å². The summed E-state index contributed by atoms with van der Waals surface area (Å²) in [5, 5.41) is 4.78. The second-order valence-electron chi connectivity index (χ2n) is 17.8. The van der Waals surface area contributed by atoms with Crippen LogP contribution < -0.4 is 9.80 Å². The van der Waals surface area contributed by atoms with Crippen molar-refractivity contribution in [2.45, 2.75) is 0 Å². The molecule has 0 aliphatic carbocycles. The van der Waals surface area contributed by atoms with Gasteiger partial charge in [-0.1, -0.05) is 164 Å². The molecule has 0 N–H and O–H groups in total. The number of rotatable bonds is 10. The highest BCUT2D eigenvalue weighted by Crippen LogP contribution is 2.44. The highest BCUT2D eigenvalue weighted by atomic mass is 15.2. The molecule has 0 unspecified atom stereocenters. The maximum absolute atomic E-state index is 2.47. The fourth-order valence-corrected chi connectivity index (χ4v) is 10.5. The number of para-hydroxylation sites is 5. The minimum atomic E-state index is 1.04. The highest BCUT2D eigenvalue weighted by molar-refractivity contribution is 6.13. The van der Waals surface area contributed by atoms with Gasteiger partial charge in [-0.2, -0.15) is 0 Å². The van der Waals surface area contributed by atoms with Crippen LogP contribution in [-0.2, 0) is 0 Å². The zero-order chi connectivity index (χ0) is 46.4. The number of fused-ring (bicyclic) bond motifs is 6. The molecule has 0 radical (unpaired) electrons. The van der Waals surface area contributed by atoms with E-state index in [9.17, 15) is 0 Å². The summed E-state index contributed by atoms with van der Waals surface area (Å²) in [6.45, 7) is 0. The normalized spacial score (nSPS) is 11.4. The van der Waals surface area contributed by atoms with Crippen molar-refractivity contribution in [2.24, 2.45) is 0 Å². The molecule has 0 amide bonds. The van der Waals surface area contributed by atoms with E-state index in [1.807, 2.05) is 0 Å². The largest absolute Gasteiger partial charge is 0.310 e. The van der Waals surface area contributed by atoms with E-state index in [0.29, 0.717) is 0 Å². The maximum Gasteiger partial charge on any atom is 0.0542 e. The first-order valence-electron chi connectivity index (χ1n) is 23.9. The summed E-state index contributed by atoms with van der Waals surface area (Å²) in [5.74, 6) is 0. The molecule has 0 fully saturated rings. The van der Waals surface area contributed by atoms with Crippen molar-refractivity contribution in [1.29, 1.82) is 0 Å². The van der Waals surface area contributed by atoms with Crippen LogP contribution in [0.5, 0.6) is 0 Å². The zero-order valence-electron chi connectivity index (χ0n) is 38.3. The van der Waals surface area contributed by atoms with Crippen molar-refractivity contribution < 1.29 is 0 Å². The lowest BCUT2D eigenvalue weighted by atomic mass is 10.0. The van der Waals surface area contributed by atoms with Gasteiger partial charge in [-0.15, -0.1) is 0 Å². The number of anilines is 6. The lowest BCUT2D eigenvalue weighted by Crippen LogP contribution is -2.11. The molecule has 0 spiro atoms. The van der Waals surface area contributed by atoms with Crippen LogP contribution in [0.1, 0.15) is 0 Å². The van der Waals surface area contributed by atoms with Crippen LogP contribution >= 0.6 is 0 Å². The summed E-state index contributed by atoms with van der Waals surface area (Å²) in [5.41, 5.74) is 17.9. The second-order valence-corrected chi connectivity index (χ2v) is 17.8. The second kappa shape index (κ2) is 17.4. The topological polar surface area (TPSA) is 16.3 Å². The molecule has 11 aromatic carbocycles. The number of hydrogen-bond donors (Lipinski definition) is 0. The first-order valence-corrected chi connectivity index (χ1v) is 23.9. The summed E-state index contributed by atoms with van der Waals surface area (Å²) < 4.78 is 4.93. The van der Waals surface area contributed by atoms with Crippen molar-refractivity contribution in [3.8, 4) is 33.6 Å². The fourth-order valence-electron chi connectivity index (χ4n) is 10.5. The van der Waals surface area contributed by atoms with Crippen LogP contribution in [0.15, 0.2) is 279 Å².